The van der Waals surface area contributed by atoms with Gasteiger partial charge in [0, 0.05) is 43.6 Å². The van der Waals surface area contributed by atoms with E-state index >= 15 is 0 Å². The molecule has 0 aliphatic carbocycles. The highest BCUT2D eigenvalue weighted by atomic mass is 16.5. The summed E-state index contributed by atoms with van der Waals surface area (Å²) in [4.78, 5) is 72.8. The molecule has 1 aliphatic rings. The van der Waals surface area contributed by atoms with Crippen LogP contribution in [-0.2, 0) is 41.7 Å². The van der Waals surface area contributed by atoms with E-state index in [2.05, 4.69) is 45.4 Å². The van der Waals surface area contributed by atoms with Crippen LogP contribution in [0.4, 0.5) is 9.59 Å². The Hall–Kier alpha value is -7.40. The van der Waals surface area contributed by atoms with E-state index < -0.39 is 36.3 Å². The average Bonchev–Trinajstić information content (AvgIpc) is 4.04. The molecule has 3 heterocycles. The second-order valence-electron chi connectivity index (χ2n) is 17.0. The zero-order chi connectivity index (χ0) is 48.6. The van der Waals surface area contributed by atoms with E-state index in [1.54, 1.807) is 42.2 Å². The van der Waals surface area contributed by atoms with Crippen LogP contribution in [0.1, 0.15) is 69.0 Å². The molecule has 4 amide bonds. The third-order valence-corrected chi connectivity index (χ3v) is 12.6. The maximum Gasteiger partial charge on any atom is 0.407 e. The number of rotatable bonds is 19. The number of H-pyrrole nitrogens is 2. The van der Waals surface area contributed by atoms with Crippen LogP contribution in [-0.4, -0.2) is 108 Å². The van der Waals surface area contributed by atoms with Crippen LogP contribution >= 0.6 is 0 Å². The van der Waals surface area contributed by atoms with Gasteiger partial charge < -0.3 is 54.1 Å². The maximum absolute atomic E-state index is 14.4. The molecule has 0 fully saturated rings. The van der Waals surface area contributed by atoms with Crippen molar-refractivity contribution in [2.75, 3.05) is 48.1 Å². The number of amides is 4. The van der Waals surface area contributed by atoms with Crippen LogP contribution < -0.4 is 15.4 Å². The van der Waals surface area contributed by atoms with Crippen molar-refractivity contribution in [3.05, 3.63) is 114 Å². The first kappa shape index (κ1) is 48.5. The molecule has 4 aromatic carbocycles. The SMILES string of the molecule is C=C(OC)[C@@H](C)CN(C(=O)[C@@H](CNC(=O)OC)[C@@H](C)OC)[C@@H](C)c1ncc(-c2ccc3c(c2)COc2cc4c(ccc5[nH]c(CN(CCC)C(=O)[C@H](NC(=O)OC)c6ccccc6)nc54)cc2-3)[nH]1. The van der Waals surface area contributed by atoms with E-state index in [-0.39, 0.29) is 37.4 Å². The van der Waals surface area contributed by atoms with Crippen molar-refractivity contribution in [2.24, 2.45) is 11.8 Å². The van der Waals surface area contributed by atoms with Gasteiger partial charge in [-0.15, -0.1) is 0 Å². The van der Waals surface area contributed by atoms with E-state index in [0.717, 1.165) is 55.5 Å². The van der Waals surface area contributed by atoms with Crippen molar-refractivity contribution in [2.45, 2.75) is 65.5 Å². The van der Waals surface area contributed by atoms with Gasteiger partial charge >= 0.3 is 12.2 Å². The minimum absolute atomic E-state index is 0.00856. The minimum Gasteiger partial charge on any atom is -0.501 e. The Kier molecular flexibility index (Phi) is 15.3. The number of methoxy groups -OCH3 is 4. The Morgan fingerprint density at radius 2 is 1.65 bits per heavy atom. The standard InChI is InChI=1S/C51H60N8O9/c1-10-20-58(49(61)45(57-51(63)67-9)33-14-12-11-13-15-33)27-44-54-41-19-17-34-22-39-37-18-16-35(21-36(37)28-68-43(39)23-38(34)46(41)56-44)42-25-52-47(55-42)30(3)59(26-29(2)31(4)64-6)48(60)40(32(5)65-7)24-53-50(62)66-8/h11-19,21-23,25,29-30,32,40,45H,4,10,20,24,26-28H2,1-3,5-9H3,(H,52,55)(H,53,62)(H,54,56)(H,57,63)/t29-,30-,32+,40-,45+/m0/s1. The second kappa shape index (κ2) is 21.5. The highest BCUT2D eigenvalue weighted by Gasteiger charge is 2.35. The van der Waals surface area contributed by atoms with Crippen LogP contribution in [0.25, 0.3) is 44.2 Å². The van der Waals surface area contributed by atoms with Gasteiger partial charge in [0.15, 0.2) is 0 Å². The summed E-state index contributed by atoms with van der Waals surface area (Å²) >= 11 is 0. The molecule has 17 heteroatoms. The third kappa shape index (κ3) is 10.4. The largest absolute Gasteiger partial charge is 0.501 e. The highest BCUT2D eigenvalue weighted by Crippen LogP contribution is 2.43. The molecule has 7 rings (SSSR count). The van der Waals surface area contributed by atoms with Crippen LogP contribution in [0.5, 0.6) is 5.75 Å². The first-order chi connectivity index (χ1) is 32.8. The zero-order valence-corrected chi connectivity index (χ0v) is 39.8. The number of imidazole rings is 2. The molecule has 6 aromatic rings. The number of nitrogens with one attached hydrogen (secondary N) is 4. The zero-order valence-electron chi connectivity index (χ0n) is 39.8. The lowest BCUT2D eigenvalue weighted by Crippen LogP contribution is -2.48. The number of hydrogen-bond acceptors (Lipinski definition) is 11. The van der Waals surface area contributed by atoms with Crippen molar-refractivity contribution in [1.82, 2.24) is 40.4 Å². The molecule has 0 radical (unpaired) electrons. The van der Waals surface area contributed by atoms with Gasteiger partial charge in [-0.25, -0.2) is 19.6 Å². The summed E-state index contributed by atoms with van der Waals surface area (Å²) in [5.41, 5.74) is 6.87. The van der Waals surface area contributed by atoms with Gasteiger partial charge in [0.05, 0.1) is 74.6 Å². The Morgan fingerprint density at radius 1 is 0.882 bits per heavy atom. The topological polar surface area (TPSA) is 202 Å². The molecule has 0 saturated heterocycles. The van der Waals surface area contributed by atoms with Crippen molar-refractivity contribution < 1.29 is 42.9 Å². The van der Waals surface area contributed by atoms with E-state index in [1.165, 1.54) is 21.3 Å². The van der Waals surface area contributed by atoms with Crippen molar-refractivity contribution in [3.63, 3.8) is 0 Å². The molecule has 1 aliphatic heterocycles. The number of benzene rings is 4. The van der Waals surface area contributed by atoms with Gasteiger partial charge in [0.25, 0.3) is 0 Å². The van der Waals surface area contributed by atoms with Crippen LogP contribution in [0.3, 0.4) is 0 Å². The number of aromatic nitrogens is 4. The monoisotopic (exact) mass is 928 g/mol. The third-order valence-electron chi connectivity index (χ3n) is 12.6. The number of aromatic amines is 2. The average molecular weight is 929 g/mol. The summed E-state index contributed by atoms with van der Waals surface area (Å²) in [5, 5.41) is 7.24. The summed E-state index contributed by atoms with van der Waals surface area (Å²) in [6.07, 6.45) is 0.594. The van der Waals surface area contributed by atoms with Gasteiger partial charge in [0.2, 0.25) is 11.8 Å². The summed E-state index contributed by atoms with van der Waals surface area (Å²) in [7, 11) is 5.61. The number of carbonyl (C=O) groups excluding carboxylic acids is 4. The summed E-state index contributed by atoms with van der Waals surface area (Å²) < 4.78 is 27.1. The number of ether oxygens (including phenoxy) is 5. The molecule has 68 heavy (non-hydrogen) atoms. The maximum atomic E-state index is 14.4. The fourth-order valence-electron chi connectivity index (χ4n) is 8.57. The second-order valence-corrected chi connectivity index (χ2v) is 17.0. The molecule has 0 bridgehead atoms. The molecule has 0 saturated carbocycles. The van der Waals surface area contributed by atoms with E-state index in [0.29, 0.717) is 42.5 Å². The summed E-state index contributed by atoms with van der Waals surface area (Å²) in [6, 6.07) is 22.0. The van der Waals surface area contributed by atoms with Crippen LogP contribution in [0.15, 0.2) is 91.3 Å². The molecule has 0 unspecified atom stereocenters. The molecule has 358 valence electrons. The Morgan fingerprint density at radius 3 is 2.35 bits per heavy atom. The quantitative estimate of drug-likeness (QED) is 0.0571. The van der Waals surface area contributed by atoms with Crippen molar-refractivity contribution in [1.29, 1.82) is 0 Å². The van der Waals surface area contributed by atoms with E-state index in [1.807, 2.05) is 63.2 Å². The van der Waals surface area contributed by atoms with Gasteiger partial charge in [-0.3, -0.25) is 9.59 Å². The van der Waals surface area contributed by atoms with Gasteiger partial charge in [-0.1, -0.05) is 69.0 Å². The molecular formula is C51H60N8O9. The predicted octanol–water partition coefficient (Wildman–Crippen LogP) is 8.19. The lowest BCUT2D eigenvalue weighted by Gasteiger charge is -2.35. The molecule has 17 nitrogen and oxygen atoms in total. The van der Waals surface area contributed by atoms with Gasteiger partial charge in [-0.2, -0.15) is 0 Å². The molecular weight excluding hydrogens is 869 g/mol. The summed E-state index contributed by atoms with van der Waals surface area (Å²) in [6.45, 7) is 12.9. The van der Waals surface area contributed by atoms with Crippen molar-refractivity contribution >= 4 is 45.8 Å². The minimum atomic E-state index is -0.937. The Bertz CT molecular complexity index is 2790. The van der Waals surface area contributed by atoms with Crippen LogP contribution in [0.2, 0.25) is 0 Å². The Labute approximate surface area is 395 Å². The fraction of sp³-hybridized carbons (Fsp3) is 0.373. The Balaban J connectivity index is 1.13. The molecule has 2 aromatic heterocycles. The van der Waals surface area contributed by atoms with Crippen molar-refractivity contribution in [3.8, 4) is 28.1 Å². The predicted molar refractivity (Wildman–Crippen MR) is 257 cm³/mol. The first-order valence-electron chi connectivity index (χ1n) is 22.6. The lowest BCUT2D eigenvalue weighted by molar-refractivity contribution is -0.142. The van der Waals surface area contributed by atoms with Crippen LogP contribution in [0, 0.1) is 11.8 Å². The number of carbonyl (C=O) groups is 4. The first-order valence-corrected chi connectivity index (χ1v) is 22.6. The number of hydrogen-bond donors (Lipinski definition) is 4. The normalized spacial score (nSPS) is 14.0. The summed E-state index contributed by atoms with van der Waals surface area (Å²) in [5.74, 6) is 0.984. The van der Waals surface area contributed by atoms with E-state index in [9.17, 15) is 19.2 Å². The number of nitrogens with zero attached hydrogens (tertiary/aromatic N) is 4. The number of fused-ring (bicyclic) bond motifs is 6. The van der Waals surface area contributed by atoms with E-state index in [4.69, 9.17) is 33.7 Å². The highest BCUT2D eigenvalue weighted by molar-refractivity contribution is 6.07. The molecule has 5 atom stereocenters. The molecule has 0 spiro atoms. The van der Waals surface area contributed by atoms with Gasteiger partial charge in [0.1, 0.15) is 30.0 Å². The smallest absolute Gasteiger partial charge is 0.407 e. The fourth-order valence-corrected chi connectivity index (χ4v) is 8.57. The number of alkyl carbamates (subject to hydrolysis) is 2. The molecule has 4 N–H and O–H groups in total. The lowest BCUT2D eigenvalue weighted by atomic mass is 9.92. The van der Waals surface area contributed by atoms with Gasteiger partial charge in [-0.05, 0) is 72.2 Å².